The van der Waals surface area contributed by atoms with Crippen LogP contribution in [0.4, 0.5) is 0 Å². The second kappa shape index (κ2) is 3.93. The second-order valence-electron chi connectivity index (χ2n) is 4.06. The van der Waals surface area contributed by atoms with Gasteiger partial charge in [0.15, 0.2) is 0 Å². The zero-order valence-electron chi connectivity index (χ0n) is 9.45. The summed E-state index contributed by atoms with van der Waals surface area (Å²) >= 11 is 0. The third-order valence-corrected chi connectivity index (χ3v) is 2.74. The standard InChI is InChI=1S/C14H16O/c1-10(2)12-8-4-6-11-7-5-9-13(15-3)14(11)12/h4-10H,1-3H3. The zero-order valence-corrected chi connectivity index (χ0v) is 9.45. The van der Waals surface area contributed by atoms with Crippen molar-refractivity contribution >= 4 is 10.8 Å². The summed E-state index contributed by atoms with van der Waals surface area (Å²) < 4.78 is 5.42. The van der Waals surface area contributed by atoms with Crippen LogP contribution in [0, 0.1) is 0 Å². The third kappa shape index (κ3) is 1.70. The Morgan fingerprint density at radius 1 is 1.00 bits per heavy atom. The second-order valence-corrected chi connectivity index (χ2v) is 4.06. The lowest BCUT2D eigenvalue weighted by molar-refractivity contribution is 0.419. The first kappa shape index (κ1) is 10.0. The van der Waals surface area contributed by atoms with Crippen molar-refractivity contribution in [1.82, 2.24) is 0 Å². The van der Waals surface area contributed by atoms with Crippen LogP contribution in [0.25, 0.3) is 10.8 Å². The normalized spacial score (nSPS) is 10.9. The predicted octanol–water partition coefficient (Wildman–Crippen LogP) is 3.97. The summed E-state index contributed by atoms with van der Waals surface area (Å²) in [5, 5.41) is 2.50. The lowest BCUT2D eigenvalue weighted by Crippen LogP contribution is -1.92. The first-order valence-corrected chi connectivity index (χ1v) is 5.29. The molecule has 2 aromatic rings. The first-order chi connectivity index (χ1) is 7.24. The average Bonchev–Trinajstić information content (AvgIpc) is 2.27. The van der Waals surface area contributed by atoms with E-state index >= 15 is 0 Å². The molecule has 0 radical (unpaired) electrons. The fourth-order valence-electron chi connectivity index (χ4n) is 1.99. The maximum Gasteiger partial charge on any atom is 0.126 e. The molecule has 0 heterocycles. The molecule has 0 aromatic heterocycles. The molecule has 2 aromatic carbocycles. The van der Waals surface area contributed by atoms with Crippen molar-refractivity contribution in [1.29, 1.82) is 0 Å². The summed E-state index contributed by atoms with van der Waals surface area (Å²) in [5.41, 5.74) is 1.35. The van der Waals surface area contributed by atoms with Gasteiger partial charge in [0.05, 0.1) is 7.11 Å². The molecule has 2 rings (SSSR count). The van der Waals surface area contributed by atoms with Gasteiger partial charge >= 0.3 is 0 Å². The number of benzene rings is 2. The molecule has 0 aliphatic rings. The van der Waals surface area contributed by atoms with E-state index in [0.717, 1.165) is 5.75 Å². The molecule has 0 aliphatic heterocycles. The number of ether oxygens (including phenoxy) is 1. The van der Waals surface area contributed by atoms with E-state index in [4.69, 9.17) is 4.74 Å². The molecule has 0 aliphatic carbocycles. The summed E-state index contributed by atoms with van der Waals surface area (Å²) in [6, 6.07) is 12.6. The predicted molar refractivity (Wildman–Crippen MR) is 64.6 cm³/mol. The fraction of sp³-hybridized carbons (Fsp3) is 0.286. The molecule has 0 saturated carbocycles. The number of hydrogen-bond acceptors (Lipinski definition) is 1. The number of hydrogen-bond donors (Lipinski definition) is 0. The van der Waals surface area contributed by atoms with Crippen LogP contribution < -0.4 is 4.74 Å². The van der Waals surface area contributed by atoms with E-state index in [1.807, 2.05) is 12.1 Å². The van der Waals surface area contributed by atoms with Crippen molar-refractivity contribution < 1.29 is 4.74 Å². The quantitative estimate of drug-likeness (QED) is 0.712. The number of rotatable bonds is 2. The van der Waals surface area contributed by atoms with E-state index < -0.39 is 0 Å². The Kier molecular flexibility index (Phi) is 2.63. The molecular formula is C14H16O. The highest BCUT2D eigenvalue weighted by atomic mass is 16.5. The molecule has 0 spiro atoms. The van der Waals surface area contributed by atoms with E-state index in [0.29, 0.717) is 5.92 Å². The van der Waals surface area contributed by atoms with E-state index in [2.05, 4.69) is 38.1 Å². The highest BCUT2D eigenvalue weighted by molar-refractivity contribution is 5.91. The minimum Gasteiger partial charge on any atom is -0.496 e. The van der Waals surface area contributed by atoms with Crippen molar-refractivity contribution in [3.05, 3.63) is 42.0 Å². The first-order valence-electron chi connectivity index (χ1n) is 5.29. The van der Waals surface area contributed by atoms with Crippen LogP contribution in [0.2, 0.25) is 0 Å². The summed E-state index contributed by atoms with van der Waals surface area (Å²) in [4.78, 5) is 0. The molecule has 0 saturated heterocycles. The molecule has 1 nitrogen and oxygen atoms in total. The van der Waals surface area contributed by atoms with Crippen molar-refractivity contribution in [2.75, 3.05) is 7.11 Å². The summed E-state index contributed by atoms with van der Waals surface area (Å²) in [6.45, 7) is 4.42. The highest BCUT2D eigenvalue weighted by Crippen LogP contribution is 2.32. The average molecular weight is 200 g/mol. The molecule has 0 bridgehead atoms. The molecule has 78 valence electrons. The van der Waals surface area contributed by atoms with Gasteiger partial charge < -0.3 is 4.74 Å². The van der Waals surface area contributed by atoms with Crippen LogP contribution in [0.15, 0.2) is 36.4 Å². The van der Waals surface area contributed by atoms with Crippen LogP contribution in [0.5, 0.6) is 5.75 Å². The van der Waals surface area contributed by atoms with Crippen molar-refractivity contribution in [2.24, 2.45) is 0 Å². The molecule has 0 amide bonds. The smallest absolute Gasteiger partial charge is 0.126 e. The van der Waals surface area contributed by atoms with Gasteiger partial charge in [-0.1, -0.05) is 44.2 Å². The molecule has 0 fully saturated rings. The van der Waals surface area contributed by atoms with E-state index in [9.17, 15) is 0 Å². The van der Waals surface area contributed by atoms with Crippen molar-refractivity contribution in [3.63, 3.8) is 0 Å². The monoisotopic (exact) mass is 200 g/mol. The zero-order chi connectivity index (χ0) is 10.8. The van der Waals surface area contributed by atoms with Crippen molar-refractivity contribution in [3.8, 4) is 5.75 Å². The molecule has 15 heavy (non-hydrogen) atoms. The van der Waals surface area contributed by atoms with Gasteiger partial charge in [0.2, 0.25) is 0 Å². The number of fused-ring (bicyclic) bond motifs is 1. The minimum atomic E-state index is 0.519. The van der Waals surface area contributed by atoms with Gasteiger partial charge in [-0.05, 0) is 22.9 Å². The van der Waals surface area contributed by atoms with E-state index in [-0.39, 0.29) is 0 Å². The Labute approximate surface area is 90.7 Å². The summed E-state index contributed by atoms with van der Waals surface area (Å²) in [6.07, 6.45) is 0. The van der Waals surface area contributed by atoms with Gasteiger partial charge in [0, 0.05) is 5.39 Å². The van der Waals surface area contributed by atoms with E-state index in [1.54, 1.807) is 7.11 Å². The maximum absolute atomic E-state index is 5.42. The minimum absolute atomic E-state index is 0.519. The summed E-state index contributed by atoms with van der Waals surface area (Å²) in [7, 11) is 1.73. The molecule has 0 unspecified atom stereocenters. The topological polar surface area (TPSA) is 9.23 Å². The Hall–Kier alpha value is -1.50. The molecule has 1 heteroatoms. The van der Waals surface area contributed by atoms with Crippen LogP contribution in [-0.4, -0.2) is 7.11 Å². The van der Waals surface area contributed by atoms with Crippen LogP contribution >= 0.6 is 0 Å². The largest absolute Gasteiger partial charge is 0.496 e. The van der Waals surface area contributed by atoms with Gasteiger partial charge in [-0.2, -0.15) is 0 Å². The van der Waals surface area contributed by atoms with Gasteiger partial charge in [-0.15, -0.1) is 0 Å². The Morgan fingerprint density at radius 2 is 1.67 bits per heavy atom. The molecule has 0 N–H and O–H groups in total. The van der Waals surface area contributed by atoms with Crippen LogP contribution in [0.1, 0.15) is 25.3 Å². The van der Waals surface area contributed by atoms with Crippen molar-refractivity contribution in [2.45, 2.75) is 19.8 Å². The summed E-state index contributed by atoms with van der Waals surface area (Å²) in [5.74, 6) is 1.49. The lowest BCUT2D eigenvalue weighted by atomic mass is 9.95. The highest BCUT2D eigenvalue weighted by Gasteiger charge is 2.08. The van der Waals surface area contributed by atoms with Crippen LogP contribution in [0.3, 0.4) is 0 Å². The lowest BCUT2D eigenvalue weighted by Gasteiger charge is -2.12. The Morgan fingerprint density at radius 3 is 2.27 bits per heavy atom. The fourth-order valence-corrected chi connectivity index (χ4v) is 1.99. The van der Waals surface area contributed by atoms with Crippen LogP contribution in [-0.2, 0) is 0 Å². The number of methoxy groups -OCH3 is 1. The van der Waals surface area contributed by atoms with Gasteiger partial charge in [-0.25, -0.2) is 0 Å². The Bertz CT molecular complexity index is 466. The maximum atomic E-state index is 5.42. The van der Waals surface area contributed by atoms with E-state index in [1.165, 1.54) is 16.3 Å². The van der Waals surface area contributed by atoms with Gasteiger partial charge in [0.25, 0.3) is 0 Å². The Balaban J connectivity index is 2.81. The third-order valence-electron chi connectivity index (χ3n) is 2.74. The van der Waals surface area contributed by atoms with Gasteiger partial charge in [0.1, 0.15) is 5.75 Å². The molecule has 0 atom stereocenters. The van der Waals surface area contributed by atoms with Gasteiger partial charge in [-0.3, -0.25) is 0 Å². The molecular weight excluding hydrogens is 184 g/mol. The SMILES string of the molecule is COc1cccc2cccc(C(C)C)c12.